The van der Waals surface area contributed by atoms with Crippen LogP contribution in [0.5, 0.6) is 0 Å². The maximum atomic E-state index is 11.5. The number of carbonyl (C=O) groups is 4. The minimum absolute atomic E-state index is 0.116. The zero-order valence-electron chi connectivity index (χ0n) is 17.7. The van der Waals surface area contributed by atoms with E-state index in [2.05, 4.69) is 9.47 Å². The van der Waals surface area contributed by atoms with Crippen LogP contribution >= 0.6 is 0 Å². The van der Waals surface area contributed by atoms with Crippen LogP contribution in [-0.4, -0.2) is 48.3 Å². The summed E-state index contributed by atoms with van der Waals surface area (Å²) in [5.41, 5.74) is 3.56. The molecule has 0 amide bonds. The maximum Gasteiger partial charge on any atom is 0.338 e. The largest absolute Gasteiger partial charge is 0.478 e. The van der Waals surface area contributed by atoms with Crippen molar-refractivity contribution in [2.24, 2.45) is 0 Å². The zero-order chi connectivity index (χ0) is 23.2. The van der Waals surface area contributed by atoms with E-state index in [-0.39, 0.29) is 11.1 Å². The van der Waals surface area contributed by atoms with Crippen molar-refractivity contribution in [3.05, 3.63) is 68.8 Å². The van der Waals surface area contributed by atoms with Gasteiger partial charge in [0.1, 0.15) is 0 Å². The molecule has 0 aromatic heterocycles. The number of carboxylic acids is 2. The van der Waals surface area contributed by atoms with Crippen LogP contribution in [0.1, 0.15) is 63.7 Å². The molecule has 2 aromatic rings. The molecule has 2 aromatic carbocycles. The van der Waals surface area contributed by atoms with Crippen LogP contribution in [0.4, 0.5) is 0 Å². The third-order valence-electron chi connectivity index (χ3n) is 4.34. The summed E-state index contributed by atoms with van der Waals surface area (Å²) in [7, 11) is 2.65. The first-order chi connectivity index (χ1) is 13.9. The molecule has 2 N–H and O–H groups in total. The highest BCUT2D eigenvalue weighted by atomic mass is 16.5. The first-order valence-corrected chi connectivity index (χ1v) is 8.80. The summed E-state index contributed by atoms with van der Waals surface area (Å²) in [5, 5.41) is 17.5. The Bertz CT molecular complexity index is 958. The molecule has 0 radical (unpaired) electrons. The Morgan fingerprint density at radius 2 is 0.967 bits per heavy atom. The third kappa shape index (κ3) is 5.66. The normalized spacial score (nSPS) is 9.80. The van der Waals surface area contributed by atoms with E-state index < -0.39 is 23.9 Å². The van der Waals surface area contributed by atoms with Gasteiger partial charge in [0, 0.05) is 0 Å². The predicted octanol–water partition coefficient (Wildman–Crippen LogP) is 3.58. The van der Waals surface area contributed by atoms with Crippen molar-refractivity contribution in [3.8, 4) is 0 Å². The van der Waals surface area contributed by atoms with E-state index >= 15 is 0 Å². The lowest BCUT2D eigenvalue weighted by atomic mass is 9.99. The van der Waals surface area contributed by atoms with Crippen molar-refractivity contribution < 1.29 is 38.9 Å². The molecule has 0 aliphatic heterocycles. The molecule has 8 nitrogen and oxygen atoms in total. The molecule has 0 fully saturated rings. The van der Waals surface area contributed by atoms with Gasteiger partial charge in [-0.2, -0.15) is 0 Å². The van der Waals surface area contributed by atoms with E-state index in [0.717, 1.165) is 0 Å². The van der Waals surface area contributed by atoms with Gasteiger partial charge in [0.2, 0.25) is 0 Å². The summed E-state index contributed by atoms with van der Waals surface area (Å²) in [6.45, 7) is 6.68. The molecule has 0 atom stereocenters. The Morgan fingerprint density at radius 3 is 1.30 bits per heavy atom. The van der Waals surface area contributed by atoms with Gasteiger partial charge < -0.3 is 19.7 Å². The number of benzene rings is 2. The average molecular weight is 416 g/mol. The van der Waals surface area contributed by atoms with Gasteiger partial charge in [-0.3, -0.25) is 0 Å². The molecule has 0 aliphatic rings. The van der Waals surface area contributed by atoms with Crippen molar-refractivity contribution in [1.29, 1.82) is 0 Å². The summed E-state index contributed by atoms with van der Waals surface area (Å²) in [5.74, 6) is -2.89. The quantitative estimate of drug-likeness (QED) is 0.724. The molecule has 0 aliphatic carbocycles. The summed E-state index contributed by atoms with van der Waals surface area (Å²) in [4.78, 5) is 44.2. The van der Waals surface area contributed by atoms with Gasteiger partial charge >= 0.3 is 23.9 Å². The Labute approximate surface area is 174 Å². The molecule has 0 bridgehead atoms. The highest BCUT2D eigenvalue weighted by Crippen LogP contribution is 2.18. The van der Waals surface area contributed by atoms with Gasteiger partial charge in [-0.15, -0.1) is 0 Å². The van der Waals surface area contributed by atoms with Crippen molar-refractivity contribution >= 4 is 23.9 Å². The van der Waals surface area contributed by atoms with E-state index in [1.807, 2.05) is 0 Å². The second kappa shape index (κ2) is 10.2. The van der Waals surface area contributed by atoms with E-state index in [1.54, 1.807) is 39.8 Å². The van der Waals surface area contributed by atoms with E-state index in [1.165, 1.54) is 26.4 Å². The van der Waals surface area contributed by atoms with Crippen molar-refractivity contribution in [1.82, 2.24) is 0 Å². The fraction of sp³-hybridized carbons (Fsp3) is 0.273. The molecule has 2 rings (SSSR count). The number of carbonyl (C=O) groups excluding carboxylic acids is 2. The average Bonchev–Trinajstić information content (AvgIpc) is 2.65. The number of methoxy groups -OCH3 is 2. The third-order valence-corrected chi connectivity index (χ3v) is 4.34. The van der Waals surface area contributed by atoms with E-state index in [0.29, 0.717) is 33.4 Å². The zero-order valence-corrected chi connectivity index (χ0v) is 17.7. The van der Waals surface area contributed by atoms with Crippen molar-refractivity contribution in [3.63, 3.8) is 0 Å². The van der Waals surface area contributed by atoms with Gasteiger partial charge in [0.15, 0.2) is 0 Å². The Morgan fingerprint density at radius 1 is 0.600 bits per heavy atom. The molecule has 0 saturated carbocycles. The van der Waals surface area contributed by atoms with Gasteiger partial charge in [-0.25, -0.2) is 19.2 Å². The SMILES string of the molecule is COC(=O)c1cc(C)c(C(=O)OC)c(C)c1.Cc1cc(C(=O)O)cc(C)c1C(=O)O. The first-order valence-electron chi connectivity index (χ1n) is 8.80. The second-order valence-electron chi connectivity index (χ2n) is 6.56. The predicted molar refractivity (Wildman–Crippen MR) is 108 cm³/mol. The van der Waals surface area contributed by atoms with Crippen LogP contribution in [-0.2, 0) is 9.47 Å². The number of rotatable bonds is 4. The summed E-state index contributed by atoms with van der Waals surface area (Å²) >= 11 is 0. The van der Waals surface area contributed by atoms with Crippen LogP contribution in [0.3, 0.4) is 0 Å². The highest BCUT2D eigenvalue weighted by molar-refractivity contribution is 5.96. The Balaban J connectivity index is 0.000000303. The van der Waals surface area contributed by atoms with Crippen LogP contribution in [0.25, 0.3) is 0 Å². The van der Waals surface area contributed by atoms with Crippen LogP contribution < -0.4 is 0 Å². The summed E-state index contributed by atoms with van der Waals surface area (Å²) in [6, 6.07) is 5.95. The molecule has 0 heterocycles. The van der Waals surface area contributed by atoms with Crippen molar-refractivity contribution in [2.75, 3.05) is 14.2 Å². The van der Waals surface area contributed by atoms with Gasteiger partial charge in [0.25, 0.3) is 0 Å². The van der Waals surface area contributed by atoms with Gasteiger partial charge in [0.05, 0.1) is 36.5 Å². The molecule has 0 spiro atoms. The maximum absolute atomic E-state index is 11.5. The fourth-order valence-electron chi connectivity index (χ4n) is 3.05. The standard InChI is InChI=1S/C12H14O4.C10H10O4/c1-7-5-9(11(13)15-3)6-8(2)10(7)12(14)16-4;1-5-3-7(9(11)12)4-6(2)8(5)10(13)14/h5-6H,1-4H3;3-4H,1-2H3,(H,11,12)(H,13,14). The van der Waals surface area contributed by atoms with Gasteiger partial charge in [-0.1, -0.05) is 0 Å². The molecule has 8 heteroatoms. The molecular weight excluding hydrogens is 392 g/mol. The molecule has 30 heavy (non-hydrogen) atoms. The molecule has 160 valence electrons. The first kappa shape index (κ1) is 24.4. The van der Waals surface area contributed by atoms with Crippen LogP contribution in [0, 0.1) is 27.7 Å². The highest BCUT2D eigenvalue weighted by Gasteiger charge is 2.16. The number of hydrogen-bond acceptors (Lipinski definition) is 6. The monoisotopic (exact) mass is 416 g/mol. The molecule has 0 unspecified atom stereocenters. The van der Waals surface area contributed by atoms with E-state index in [4.69, 9.17) is 10.2 Å². The number of carboxylic acid groups (broad SMARTS) is 2. The summed E-state index contributed by atoms with van der Waals surface area (Å²) in [6.07, 6.45) is 0. The lowest BCUT2D eigenvalue weighted by Gasteiger charge is -2.09. The van der Waals surface area contributed by atoms with Crippen LogP contribution in [0.2, 0.25) is 0 Å². The lowest BCUT2D eigenvalue weighted by Crippen LogP contribution is -2.09. The summed E-state index contributed by atoms with van der Waals surface area (Å²) < 4.78 is 9.29. The minimum Gasteiger partial charge on any atom is -0.478 e. The lowest BCUT2D eigenvalue weighted by molar-refractivity contribution is 0.0585. The number of aryl methyl sites for hydroxylation is 4. The second-order valence-corrected chi connectivity index (χ2v) is 6.56. The van der Waals surface area contributed by atoms with Crippen LogP contribution in [0.15, 0.2) is 24.3 Å². The molecular formula is C22H24O8. The number of ether oxygens (including phenoxy) is 2. The fourth-order valence-corrected chi connectivity index (χ4v) is 3.05. The molecule has 0 saturated heterocycles. The Kier molecular flexibility index (Phi) is 8.28. The topological polar surface area (TPSA) is 127 Å². The Hall–Kier alpha value is -3.68. The smallest absolute Gasteiger partial charge is 0.338 e. The number of aromatic carboxylic acids is 2. The number of esters is 2. The van der Waals surface area contributed by atoms with Crippen molar-refractivity contribution in [2.45, 2.75) is 27.7 Å². The van der Waals surface area contributed by atoms with E-state index in [9.17, 15) is 19.2 Å². The number of hydrogen-bond donors (Lipinski definition) is 2. The minimum atomic E-state index is -1.05. The van der Waals surface area contributed by atoms with Gasteiger partial charge in [-0.05, 0) is 74.2 Å².